The molecule has 98 valence electrons. The molecular weight excluding hydrogens is 242 g/mol. The van der Waals surface area contributed by atoms with E-state index in [0.29, 0.717) is 6.61 Å². The first kappa shape index (κ1) is 18.3. The van der Waals surface area contributed by atoms with Gasteiger partial charge in [0.25, 0.3) is 0 Å². The lowest BCUT2D eigenvalue weighted by Crippen LogP contribution is -2.40. The largest absolute Gasteiger partial charge is 0.465 e. The Balaban J connectivity index is 0. The summed E-state index contributed by atoms with van der Waals surface area (Å²) in [6.07, 6.45) is 0. The molecule has 0 aromatic carbocycles. The van der Waals surface area contributed by atoms with Gasteiger partial charge >= 0.3 is 5.97 Å². The van der Waals surface area contributed by atoms with Crippen molar-refractivity contribution in [2.75, 3.05) is 13.7 Å². The fourth-order valence-electron chi connectivity index (χ4n) is 1.27. The van der Waals surface area contributed by atoms with Gasteiger partial charge in [-0.3, -0.25) is 4.79 Å². The average Bonchev–Trinajstić information content (AvgIpc) is 2.01. The van der Waals surface area contributed by atoms with Gasteiger partial charge in [0.15, 0.2) is 0 Å². The Bertz CT molecular complexity index is 205. The maximum absolute atomic E-state index is 11.6. The molecule has 1 N–H and O–H groups in total. The van der Waals surface area contributed by atoms with E-state index in [1.165, 1.54) is 0 Å². The Morgan fingerprint density at radius 3 is 2.12 bits per heavy atom. The number of rotatable bonds is 6. The molecule has 5 heteroatoms. The normalized spacial score (nSPS) is 13.2. The van der Waals surface area contributed by atoms with Gasteiger partial charge in [0, 0.05) is 8.07 Å². The highest BCUT2D eigenvalue weighted by Crippen LogP contribution is 2.09. The Kier molecular flexibility index (Phi) is 9.26. The molecule has 0 radical (unpaired) electrons. The monoisotopic (exact) mass is 267 g/mol. The van der Waals surface area contributed by atoms with Crippen LogP contribution in [-0.2, 0) is 9.53 Å². The number of ether oxygens (including phenoxy) is 1. The van der Waals surface area contributed by atoms with Gasteiger partial charge in [-0.05, 0) is 19.0 Å². The van der Waals surface area contributed by atoms with Crippen LogP contribution in [0.4, 0.5) is 0 Å². The van der Waals surface area contributed by atoms with Gasteiger partial charge in [-0.2, -0.15) is 0 Å². The number of carbonyl (C=O) groups is 1. The summed E-state index contributed by atoms with van der Waals surface area (Å²) in [5, 5.41) is 2.99. The van der Waals surface area contributed by atoms with Crippen molar-refractivity contribution in [3.8, 4) is 0 Å². The summed E-state index contributed by atoms with van der Waals surface area (Å²) < 4.78 is 5.27. The molecule has 0 aromatic heterocycles. The van der Waals surface area contributed by atoms with Crippen LogP contribution in [0.1, 0.15) is 13.8 Å². The Hall–Kier alpha value is -0.0631. The first-order chi connectivity index (χ1) is 6.78. The standard InChI is InChI=1S/C11H25NO2Si.ClH/c1-9(2)10(12-3)11(13)14-7-8-15(4,5)6;/h9-10,12H,7-8H2,1-6H3;1H/t10-;/m0./s1. The lowest BCUT2D eigenvalue weighted by atomic mass is 10.1. The summed E-state index contributed by atoms with van der Waals surface area (Å²) in [5.41, 5.74) is 0. The fraction of sp³-hybridized carbons (Fsp3) is 0.909. The van der Waals surface area contributed by atoms with Crippen molar-refractivity contribution in [2.45, 2.75) is 45.6 Å². The van der Waals surface area contributed by atoms with Gasteiger partial charge in [-0.1, -0.05) is 33.5 Å². The fourth-order valence-corrected chi connectivity index (χ4v) is 1.99. The van der Waals surface area contributed by atoms with Crippen molar-refractivity contribution in [2.24, 2.45) is 5.92 Å². The summed E-state index contributed by atoms with van der Waals surface area (Å²) in [6.45, 7) is 11.4. The summed E-state index contributed by atoms with van der Waals surface area (Å²) in [6, 6.07) is 0.861. The summed E-state index contributed by atoms with van der Waals surface area (Å²) in [4.78, 5) is 11.6. The third kappa shape index (κ3) is 8.13. The van der Waals surface area contributed by atoms with E-state index in [2.05, 4.69) is 25.0 Å². The highest BCUT2D eigenvalue weighted by molar-refractivity contribution is 6.76. The number of likely N-dealkylation sites (N-methyl/N-ethyl adjacent to an activating group) is 1. The molecule has 16 heavy (non-hydrogen) atoms. The molecule has 0 bridgehead atoms. The van der Waals surface area contributed by atoms with Crippen molar-refractivity contribution in [1.29, 1.82) is 0 Å². The zero-order chi connectivity index (χ0) is 12.1. The number of hydrogen-bond donors (Lipinski definition) is 1. The molecule has 0 spiro atoms. The molecule has 0 amide bonds. The van der Waals surface area contributed by atoms with Crippen LogP contribution in [0.5, 0.6) is 0 Å². The van der Waals surface area contributed by atoms with Crippen molar-refractivity contribution in [1.82, 2.24) is 5.32 Å². The molecule has 0 aliphatic carbocycles. The van der Waals surface area contributed by atoms with Crippen LogP contribution in [0.3, 0.4) is 0 Å². The Morgan fingerprint density at radius 2 is 1.81 bits per heavy atom. The van der Waals surface area contributed by atoms with E-state index in [-0.39, 0.29) is 30.3 Å². The van der Waals surface area contributed by atoms with Crippen LogP contribution < -0.4 is 5.32 Å². The van der Waals surface area contributed by atoms with Gasteiger partial charge in [0.05, 0.1) is 6.61 Å². The molecule has 0 heterocycles. The number of halogens is 1. The molecule has 0 aromatic rings. The lowest BCUT2D eigenvalue weighted by molar-refractivity contribution is -0.146. The Labute approximate surface area is 107 Å². The van der Waals surface area contributed by atoms with Crippen molar-refractivity contribution < 1.29 is 9.53 Å². The van der Waals surface area contributed by atoms with Crippen LogP contribution in [-0.4, -0.2) is 33.7 Å². The van der Waals surface area contributed by atoms with E-state index in [4.69, 9.17) is 4.74 Å². The molecule has 1 atom stereocenters. The predicted octanol–water partition coefficient (Wildman–Crippen LogP) is 2.53. The maximum atomic E-state index is 11.6. The highest BCUT2D eigenvalue weighted by atomic mass is 35.5. The van der Waals surface area contributed by atoms with E-state index in [1.807, 2.05) is 13.8 Å². The second-order valence-corrected chi connectivity index (χ2v) is 11.1. The minimum atomic E-state index is -1.09. The minimum absolute atomic E-state index is 0. The van der Waals surface area contributed by atoms with E-state index in [0.717, 1.165) is 6.04 Å². The first-order valence-corrected chi connectivity index (χ1v) is 9.32. The molecule has 0 unspecified atom stereocenters. The number of hydrogen-bond acceptors (Lipinski definition) is 3. The van der Waals surface area contributed by atoms with Crippen LogP contribution in [0, 0.1) is 5.92 Å². The van der Waals surface area contributed by atoms with E-state index >= 15 is 0 Å². The molecule has 0 fully saturated rings. The second-order valence-electron chi connectivity index (χ2n) is 5.49. The number of carbonyl (C=O) groups excluding carboxylic acids is 1. The van der Waals surface area contributed by atoms with Crippen molar-refractivity contribution >= 4 is 26.5 Å². The zero-order valence-corrected chi connectivity index (χ0v) is 13.1. The maximum Gasteiger partial charge on any atom is 0.323 e. The SMILES string of the molecule is CN[C@H](C(=O)OCC[Si](C)(C)C)C(C)C.Cl. The van der Waals surface area contributed by atoms with E-state index in [1.54, 1.807) is 7.05 Å². The molecule has 0 saturated carbocycles. The van der Waals surface area contributed by atoms with Gasteiger partial charge in [0.2, 0.25) is 0 Å². The summed E-state index contributed by atoms with van der Waals surface area (Å²) in [5.74, 6) is 0.153. The van der Waals surface area contributed by atoms with Gasteiger partial charge in [-0.15, -0.1) is 12.4 Å². The van der Waals surface area contributed by atoms with E-state index in [9.17, 15) is 4.79 Å². The molecule has 0 aliphatic rings. The number of esters is 1. The van der Waals surface area contributed by atoms with Crippen molar-refractivity contribution in [3.05, 3.63) is 0 Å². The third-order valence-corrected chi connectivity index (χ3v) is 4.03. The smallest absolute Gasteiger partial charge is 0.323 e. The summed E-state index contributed by atoms with van der Waals surface area (Å²) >= 11 is 0. The van der Waals surface area contributed by atoms with E-state index < -0.39 is 8.07 Å². The first-order valence-electron chi connectivity index (χ1n) is 5.62. The third-order valence-electron chi connectivity index (χ3n) is 2.33. The van der Waals surface area contributed by atoms with Crippen LogP contribution in [0.15, 0.2) is 0 Å². The topological polar surface area (TPSA) is 38.3 Å². The quantitative estimate of drug-likeness (QED) is 0.594. The average molecular weight is 268 g/mol. The minimum Gasteiger partial charge on any atom is -0.465 e. The highest BCUT2D eigenvalue weighted by Gasteiger charge is 2.22. The van der Waals surface area contributed by atoms with Crippen molar-refractivity contribution in [3.63, 3.8) is 0 Å². The lowest BCUT2D eigenvalue weighted by Gasteiger charge is -2.20. The predicted molar refractivity (Wildman–Crippen MR) is 74.0 cm³/mol. The van der Waals surface area contributed by atoms with Gasteiger partial charge in [-0.25, -0.2) is 0 Å². The molecule has 3 nitrogen and oxygen atoms in total. The van der Waals surface area contributed by atoms with Crippen LogP contribution in [0.2, 0.25) is 25.7 Å². The second kappa shape index (κ2) is 8.09. The van der Waals surface area contributed by atoms with Gasteiger partial charge in [0.1, 0.15) is 6.04 Å². The summed E-state index contributed by atoms with van der Waals surface area (Å²) in [7, 11) is 0.702. The Morgan fingerprint density at radius 1 is 1.31 bits per heavy atom. The van der Waals surface area contributed by atoms with Gasteiger partial charge < -0.3 is 10.1 Å². The van der Waals surface area contributed by atoms with Crippen LogP contribution >= 0.6 is 12.4 Å². The molecule has 0 saturated heterocycles. The zero-order valence-electron chi connectivity index (χ0n) is 11.3. The van der Waals surface area contributed by atoms with Crippen LogP contribution in [0.25, 0.3) is 0 Å². The molecular formula is C11H26ClNO2Si. The number of nitrogens with one attached hydrogen (secondary N) is 1. The molecule has 0 rings (SSSR count). The molecule has 0 aliphatic heterocycles.